The third-order valence-electron chi connectivity index (χ3n) is 2.90. The number of carbonyl (C=O) groups excluding carboxylic acids is 1. The molecule has 0 radical (unpaired) electrons. The van der Waals surface area contributed by atoms with Crippen LogP contribution in [0.2, 0.25) is 0 Å². The minimum atomic E-state index is -0.437. The van der Waals surface area contributed by atoms with Gasteiger partial charge in [0.25, 0.3) is 0 Å². The van der Waals surface area contributed by atoms with Gasteiger partial charge in [0, 0.05) is 16.5 Å². The van der Waals surface area contributed by atoms with Crippen LogP contribution in [0.3, 0.4) is 0 Å². The van der Waals surface area contributed by atoms with Crippen molar-refractivity contribution in [2.24, 2.45) is 0 Å². The summed E-state index contributed by atoms with van der Waals surface area (Å²) >= 11 is 3.40. The molecule has 0 bridgehead atoms. The molecular formula is C11H9BrO2. The summed E-state index contributed by atoms with van der Waals surface area (Å²) in [7, 11) is 0. The van der Waals surface area contributed by atoms with Crippen LogP contribution in [0.4, 0.5) is 0 Å². The van der Waals surface area contributed by atoms with E-state index in [1.165, 1.54) is 0 Å². The van der Waals surface area contributed by atoms with E-state index in [4.69, 9.17) is 4.74 Å². The third-order valence-corrected chi connectivity index (χ3v) is 3.39. The maximum atomic E-state index is 11.7. The van der Waals surface area contributed by atoms with E-state index in [1.54, 1.807) is 0 Å². The molecule has 0 atom stereocenters. The molecule has 72 valence electrons. The zero-order valence-corrected chi connectivity index (χ0v) is 9.13. The van der Waals surface area contributed by atoms with Gasteiger partial charge in [0.05, 0.1) is 0 Å². The fraction of sp³-hybridized carbons (Fsp3) is 0.364. The van der Waals surface area contributed by atoms with E-state index in [9.17, 15) is 4.79 Å². The number of hydrogen-bond acceptors (Lipinski definition) is 2. The van der Waals surface area contributed by atoms with Crippen molar-refractivity contribution in [1.82, 2.24) is 0 Å². The molecule has 14 heavy (non-hydrogen) atoms. The van der Waals surface area contributed by atoms with Crippen LogP contribution in [0.15, 0.2) is 22.7 Å². The molecule has 3 heteroatoms. The van der Waals surface area contributed by atoms with Crippen LogP contribution >= 0.6 is 15.9 Å². The van der Waals surface area contributed by atoms with E-state index in [1.807, 2.05) is 18.2 Å². The average molecular weight is 253 g/mol. The summed E-state index contributed by atoms with van der Waals surface area (Å²) < 4.78 is 6.75. The van der Waals surface area contributed by atoms with Gasteiger partial charge in [0.1, 0.15) is 5.75 Å². The van der Waals surface area contributed by atoms with Crippen LogP contribution in [0.1, 0.15) is 18.4 Å². The molecule has 0 amide bonds. The monoisotopic (exact) mass is 252 g/mol. The smallest absolute Gasteiger partial charge is 0.180 e. The van der Waals surface area contributed by atoms with Gasteiger partial charge in [0.15, 0.2) is 11.4 Å². The molecule has 2 nitrogen and oxygen atoms in total. The van der Waals surface area contributed by atoms with E-state index in [-0.39, 0.29) is 5.78 Å². The lowest BCUT2D eigenvalue weighted by Crippen LogP contribution is -2.35. The Morgan fingerprint density at radius 3 is 2.86 bits per heavy atom. The van der Waals surface area contributed by atoms with E-state index >= 15 is 0 Å². The lowest BCUT2D eigenvalue weighted by molar-refractivity contribution is -0.128. The number of fused-ring (bicyclic) bond motifs is 1. The summed E-state index contributed by atoms with van der Waals surface area (Å²) in [6.07, 6.45) is 2.30. The molecule has 1 heterocycles. The van der Waals surface area contributed by atoms with Gasteiger partial charge in [-0.2, -0.15) is 0 Å². The Balaban J connectivity index is 2.07. The molecule has 0 saturated heterocycles. The highest BCUT2D eigenvalue weighted by atomic mass is 79.9. The molecular weight excluding hydrogens is 244 g/mol. The Morgan fingerprint density at radius 1 is 1.36 bits per heavy atom. The molecule has 1 aliphatic heterocycles. The fourth-order valence-corrected chi connectivity index (χ4v) is 2.21. The van der Waals surface area contributed by atoms with Crippen molar-refractivity contribution in [3.05, 3.63) is 28.2 Å². The number of ether oxygens (including phenoxy) is 1. The summed E-state index contributed by atoms with van der Waals surface area (Å²) in [6.45, 7) is 0. The molecule has 1 fully saturated rings. The summed E-state index contributed by atoms with van der Waals surface area (Å²) in [5.74, 6) is 1.11. The third kappa shape index (κ3) is 1.12. The van der Waals surface area contributed by atoms with Crippen LogP contribution < -0.4 is 4.74 Å². The van der Waals surface area contributed by atoms with Crippen LogP contribution in [0.5, 0.6) is 5.75 Å². The Labute approximate surface area is 90.4 Å². The maximum absolute atomic E-state index is 11.7. The first kappa shape index (κ1) is 8.48. The van der Waals surface area contributed by atoms with Crippen LogP contribution in [-0.2, 0) is 11.2 Å². The average Bonchev–Trinajstić information content (AvgIpc) is 2.89. The zero-order valence-electron chi connectivity index (χ0n) is 7.55. The number of ketones is 1. The maximum Gasteiger partial charge on any atom is 0.180 e. The van der Waals surface area contributed by atoms with E-state index in [0.29, 0.717) is 6.42 Å². The second-order valence-electron chi connectivity index (χ2n) is 3.95. The highest BCUT2D eigenvalue weighted by Crippen LogP contribution is 2.46. The number of Topliss-reactive ketones (excluding diaryl/α,β-unsaturated/α-hetero) is 1. The molecule has 2 aliphatic rings. The Morgan fingerprint density at radius 2 is 2.14 bits per heavy atom. The van der Waals surface area contributed by atoms with Crippen LogP contribution in [0.25, 0.3) is 0 Å². The Kier molecular flexibility index (Phi) is 1.57. The second-order valence-corrected chi connectivity index (χ2v) is 4.86. The lowest BCUT2D eigenvalue weighted by atomic mass is 10.00. The van der Waals surface area contributed by atoms with Crippen molar-refractivity contribution in [1.29, 1.82) is 0 Å². The van der Waals surface area contributed by atoms with E-state index < -0.39 is 5.60 Å². The number of halogens is 1. The number of hydrogen-bond donors (Lipinski definition) is 0. The van der Waals surface area contributed by atoms with Crippen molar-refractivity contribution >= 4 is 21.7 Å². The summed E-state index contributed by atoms with van der Waals surface area (Å²) in [4.78, 5) is 11.7. The minimum absolute atomic E-state index is 0.243. The number of benzene rings is 1. The molecule has 1 spiro atoms. The summed E-state index contributed by atoms with van der Waals surface area (Å²) in [6, 6.07) is 5.84. The topological polar surface area (TPSA) is 26.3 Å². The first-order chi connectivity index (χ1) is 6.70. The second kappa shape index (κ2) is 2.60. The predicted octanol–water partition coefficient (Wildman–Crippen LogP) is 2.49. The highest BCUT2D eigenvalue weighted by Gasteiger charge is 2.54. The standard InChI is InChI=1S/C11H9BrO2/c12-8-2-1-7-5-10(13)11(3-4-11)14-9(7)6-8/h1-2,6H,3-5H2. The van der Waals surface area contributed by atoms with Gasteiger partial charge in [-0.25, -0.2) is 0 Å². The molecule has 1 aromatic rings. The van der Waals surface area contributed by atoms with Gasteiger partial charge >= 0.3 is 0 Å². The predicted molar refractivity (Wildman–Crippen MR) is 55.4 cm³/mol. The number of carbonyl (C=O) groups is 1. The zero-order chi connectivity index (χ0) is 9.76. The largest absolute Gasteiger partial charge is 0.479 e. The normalized spacial score (nSPS) is 21.6. The van der Waals surface area contributed by atoms with Gasteiger partial charge in [0.2, 0.25) is 0 Å². The summed E-state index contributed by atoms with van der Waals surface area (Å²) in [5, 5.41) is 0. The van der Waals surface area contributed by atoms with Gasteiger partial charge < -0.3 is 4.74 Å². The molecule has 1 aliphatic carbocycles. The van der Waals surface area contributed by atoms with Crippen molar-refractivity contribution in [3.8, 4) is 5.75 Å². The van der Waals surface area contributed by atoms with Gasteiger partial charge in [-0.05, 0) is 25.0 Å². The molecule has 0 aromatic heterocycles. The Hall–Kier alpha value is -0.830. The minimum Gasteiger partial charge on any atom is -0.479 e. The SMILES string of the molecule is O=C1Cc2ccc(Br)cc2OC12CC2. The lowest BCUT2D eigenvalue weighted by Gasteiger charge is -2.24. The molecule has 0 unspecified atom stereocenters. The molecule has 0 N–H and O–H groups in total. The van der Waals surface area contributed by atoms with Gasteiger partial charge in [-0.3, -0.25) is 4.79 Å². The van der Waals surface area contributed by atoms with Crippen molar-refractivity contribution in [2.45, 2.75) is 24.9 Å². The number of rotatable bonds is 0. The van der Waals surface area contributed by atoms with Gasteiger partial charge in [-0.15, -0.1) is 0 Å². The molecule has 1 aromatic carbocycles. The first-order valence-electron chi connectivity index (χ1n) is 4.70. The first-order valence-corrected chi connectivity index (χ1v) is 5.50. The molecule has 3 rings (SSSR count). The molecule has 1 saturated carbocycles. The van der Waals surface area contributed by atoms with Crippen molar-refractivity contribution in [2.75, 3.05) is 0 Å². The quantitative estimate of drug-likeness (QED) is 0.710. The summed E-state index contributed by atoms with van der Waals surface area (Å²) in [5.41, 5.74) is 0.573. The van der Waals surface area contributed by atoms with Crippen molar-refractivity contribution < 1.29 is 9.53 Å². The van der Waals surface area contributed by atoms with Crippen LogP contribution in [0, 0.1) is 0 Å². The van der Waals surface area contributed by atoms with E-state index in [0.717, 1.165) is 28.6 Å². The Bertz CT molecular complexity index is 421. The van der Waals surface area contributed by atoms with E-state index in [2.05, 4.69) is 15.9 Å². The van der Waals surface area contributed by atoms with Crippen molar-refractivity contribution in [3.63, 3.8) is 0 Å². The van der Waals surface area contributed by atoms with Crippen LogP contribution in [-0.4, -0.2) is 11.4 Å². The fourth-order valence-electron chi connectivity index (χ4n) is 1.87. The highest BCUT2D eigenvalue weighted by molar-refractivity contribution is 9.10. The van der Waals surface area contributed by atoms with Gasteiger partial charge in [-0.1, -0.05) is 22.0 Å².